The van der Waals surface area contributed by atoms with Crippen LogP contribution < -0.4 is 30.9 Å². The van der Waals surface area contributed by atoms with Gasteiger partial charge in [-0.1, -0.05) is 187 Å². The molecular formula is C62H53BN2O. The second-order valence-electron chi connectivity index (χ2n) is 19.8. The van der Waals surface area contributed by atoms with Crippen LogP contribution in [-0.4, -0.2) is 6.71 Å². The summed E-state index contributed by atoms with van der Waals surface area (Å²) in [6.07, 6.45) is 0. The largest absolute Gasteiger partial charge is 0.458 e. The molecule has 4 heteroatoms. The number of benzene rings is 9. The van der Waals surface area contributed by atoms with E-state index >= 15 is 0 Å². The minimum atomic E-state index is -0.0728. The van der Waals surface area contributed by atoms with Gasteiger partial charge in [0.25, 0.3) is 6.71 Å². The van der Waals surface area contributed by atoms with Gasteiger partial charge in [0, 0.05) is 40.1 Å². The van der Waals surface area contributed by atoms with E-state index in [9.17, 15) is 0 Å². The molecule has 0 unspecified atom stereocenters. The molecule has 0 aromatic heterocycles. The Kier molecular flexibility index (Phi) is 10.1. The molecule has 0 saturated heterocycles. The zero-order valence-electron chi connectivity index (χ0n) is 38.6. The molecule has 3 nitrogen and oxygen atoms in total. The Morgan fingerprint density at radius 2 is 0.939 bits per heavy atom. The molecule has 0 aliphatic carbocycles. The average molecular weight is 853 g/mol. The Hall–Kier alpha value is -7.56. The molecule has 0 fully saturated rings. The highest BCUT2D eigenvalue weighted by Crippen LogP contribution is 2.48. The fourth-order valence-electron chi connectivity index (χ4n) is 10.2. The summed E-state index contributed by atoms with van der Waals surface area (Å²) < 4.78 is 7.14. The molecule has 0 radical (unpaired) electrons. The van der Waals surface area contributed by atoms with Gasteiger partial charge in [0.15, 0.2) is 0 Å². The summed E-state index contributed by atoms with van der Waals surface area (Å²) in [5.74, 6) is 1.74. The van der Waals surface area contributed by atoms with E-state index in [1.165, 1.54) is 55.4 Å². The predicted octanol–water partition coefficient (Wildman–Crippen LogP) is 15.2. The van der Waals surface area contributed by atoms with Crippen LogP contribution in [0.1, 0.15) is 52.7 Å². The quantitative estimate of drug-likeness (QED) is 0.149. The molecular weight excluding hydrogens is 800 g/mol. The summed E-state index contributed by atoms with van der Waals surface area (Å²) >= 11 is 0. The van der Waals surface area contributed by atoms with E-state index in [0.29, 0.717) is 0 Å². The lowest BCUT2D eigenvalue weighted by Gasteiger charge is -2.41. The lowest BCUT2D eigenvalue weighted by Crippen LogP contribution is -2.59. The second-order valence-corrected chi connectivity index (χ2v) is 19.8. The third kappa shape index (κ3) is 7.27. The number of rotatable bonds is 7. The van der Waals surface area contributed by atoms with Gasteiger partial charge < -0.3 is 14.5 Å². The maximum atomic E-state index is 7.14. The van der Waals surface area contributed by atoms with Crippen LogP contribution in [0.5, 0.6) is 11.5 Å². The number of fused-ring (bicyclic) bond motifs is 4. The van der Waals surface area contributed by atoms with Crippen LogP contribution >= 0.6 is 0 Å². The lowest BCUT2D eigenvalue weighted by molar-refractivity contribution is 0.487. The minimum absolute atomic E-state index is 0.00528. The Bertz CT molecular complexity index is 3200. The van der Waals surface area contributed by atoms with Gasteiger partial charge in [0.05, 0.1) is 5.69 Å². The summed E-state index contributed by atoms with van der Waals surface area (Å²) in [4.78, 5) is 4.81. The van der Waals surface area contributed by atoms with Crippen molar-refractivity contribution in [2.75, 3.05) is 9.80 Å². The van der Waals surface area contributed by atoms with E-state index < -0.39 is 0 Å². The Balaban J connectivity index is 1.14. The van der Waals surface area contributed by atoms with Crippen LogP contribution in [0, 0.1) is 0 Å². The van der Waals surface area contributed by atoms with Crippen LogP contribution in [0.4, 0.5) is 34.1 Å². The molecule has 9 aromatic rings. The molecule has 0 N–H and O–H groups in total. The smallest absolute Gasteiger partial charge is 0.256 e. The summed E-state index contributed by atoms with van der Waals surface area (Å²) in [5.41, 5.74) is 20.0. The first-order valence-electron chi connectivity index (χ1n) is 23.2. The fraction of sp³-hybridized carbons (Fsp3) is 0.129. The molecule has 2 aliphatic rings. The molecule has 320 valence electrons. The van der Waals surface area contributed by atoms with E-state index in [1.807, 2.05) is 0 Å². The van der Waals surface area contributed by atoms with Crippen LogP contribution in [-0.2, 0) is 10.8 Å². The Labute approximate surface area is 390 Å². The van der Waals surface area contributed by atoms with Crippen molar-refractivity contribution < 1.29 is 4.74 Å². The van der Waals surface area contributed by atoms with Crippen LogP contribution in [0.25, 0.3) is 33.4 Å². The van der Waals surface area contributed by atoms with E-state index in [2.05, 4.69) is 264 Å². The molecule has 0 bridgehead atoms. The van der Waals surface area contributed by atoms with Gasteiger partial charge in [-0.15, -0.1) is 0 Å². The van der Waals surface area contributed by atoms with Gasteiger partial charge in [0.1, 0.15) is 11.5 Å². The second kappa shape index (κ2) is 16.2. The van der Waals surface area contributed by atoms with Gasteiger partial charge >= 0.3 is 0 Å². The highest BCUT2D eigenvalue weighted by atomic mass is 16.5. The van der Waals surface area contributed by atoms with E-state index in [1.54, 1.807) is 0 Å². The first-order chi connectivity index (χ1) is 32.0. The molecule has 0 atom stereocenters. The van der Waals surface area contributed by atoms with Crippen LogP contribution in [0.2, 0.25) is 0 Å². The van der Waals surface area contributed by atoms with Crippen molar-refractivity contribution in [3.63, 3.8) is 0 Å². The maximum Gasteiger partial charge on any atom is 0.256 e. The lowest BCUT2D eigenvalue weighted by atomic mass is 9.34. The van der Waals surface area contributed by atoms with Crippen molar-refractivity contribution in [3.8, 4) is 44.9 Å². The summed E-state index contributed by atoms with van der Waals surface area (Å²) in [5, 5.41) is 0. The maximum absolute atomic E-state index is 7.14. The standard InChI is InChI=1S/C62H53BN2O/c1-61(2,3)51-34-30-46(39-52(51)62(4,5)6)50-38-44(42-20-11-7-12-21-42)31-36-55(50)65-56-37-32-45(43-22-13-8-14-23-43)40-54(56)63-53-35-33-49(41-59(53)66-58-29-19-28-57(65)60(58)63)64(47-24-15-9-16-25-47)48-26-17-10-18-27-48/h7-41H,1-6H3. The fourth-order valence-corrected chi connectivity index (χ4v) is 10.2. The van der Waals surface area contributed by atoms with Crippen molar-refractivity contribution in [1.82, 2.24) is 0 Å². The SMILES string of the molecule is CC(C)(C)c1ccc(-c2cc(-c3ccccc3)ccc2N2c3ccc(-c4ccccc4)cc3B3c4ccc(N(c5ccccc5)c5ccccc5)cc4Oc4cccc2c43)cc1C(C)(C)C. The highest BCUT2D eigenvalue weighted by Gasteiger charge is 2.42. The van der Waals surface area contributed by atoms with Crippen molar-refractivity contribution in [1.29, 1.82) is 0 Å². The number of anilines is 6. The third-order valence-electron chi connectivity index (χ3n) is 13.4. The van der Waals surface area contributed by atoms with Crippen molar-refractivity contribution in [2.24, 2.45) is 0 Å². The number of hydrogen-bond acceptors (Lipinski definition) is 3. The highest BCUT2D eigenvalue weighted by molar-refractivity contribution is 6.99. The Morgan fingerprint density at radius 3 is 1.55 bits per heavy atom. The molecule has 2 aliphatic heterocycles. The summed E-state index contributed by atoms with van der Waals surface area (Å²) in [6.45, 7) is 13.9. The average Bonchev–Trinajstić information content (AvgIpc) is 3.34. The molecule has 2 heterocycles. The van der Waals surface area contributed by atoms with Gasteiger partial charge in [-0.2, -0.15) is 0 Å². The molecule has 0 saturated carbocycles. The summed E-state index contributed by atoms with van der Waals surface area (Å²) in [6, 6.07) is 77.4. The molecule has 9 aromatic carbocycles. The number of para-hydroxylation sites is 2. The summed E-state index contributed by atoms with van der Waals surface area (Å²) in [7, 11) is 0. The van der Waals surface area contributed by atoms with Crippen LogP contribution in [0.15, 0.2) is 212 Å². The zero-order valence-corrected chi connectivity index (χ0v) is 38.6. The minimum Gasteiger partial charge on any atom is -0.458 e. The van der Waals surface area contributed by atoms with Gasteiger partial charge in [-0.25, -0.2) is 0 Å². The zero-order chi connectivity index (χ0) is 45.2. The number of ether oxygens (including phenoxy) is 1. The number of nitrogens with zero attached hydrogens (tertiary/aromatic N) is 2. The predicted molar refractivity (Wildman–Crippen MR) is 281 cm³/mol. The van der Waals surface area contributed by atoms with E-state index in [-0.39, 0.29) is 17.5 Å². The van der Waals surface area contributed by atoms with E-state index in [4.69, 9.17) is 4.74 Å². The van der Waals surface area contributed by atoms with Gasteiger partial charge in [0.2, 0.25) is 0 Å². The van der Waals surface area contributed by atoms with E-state index in [0.717, 1.165) is 51.1 Å². The van der Waals surface area contributed by atoms with Gasteiger partial charge in [-0.3, -0.25) is 0 Å². The Morgan fingerprint density at radius 1 is 0.379 bits per heavy atom. The van der Waals surface area contributed by atoms with Crippen molar-refractivity contribution in [3.05, 3.63) is 223 Å². The van der Waals surface area contributed by atoms with Crippen molar-refractivity contribution >= 4 is 57.2 Å². The van der Waals surface area contributed by atoms with Crippen LogP contribution in [0.3, 0.4) is 0 Å². The molecule has 0 spiro atoms. The topological polar surface area (TPSA) is 15.7 Å². The van der Waals surface area contributed by atoms with Crippen molar-refractivity contribution in [2.45, 2.75) is 52.4 Å². The normalized spacial score (nSPS) is 12.8. The van der Waals surface area contributed by atoms with Gasteiger partial charge in [-0.05, 0) is 127 Å². The number of hydrogen-bond donors (Lipinski definition) is 0. The molecule has 66 heavy (non-hydrogen) atoms. The monoisotopic (exact) mass is 852 g/mol. The third-order valence-corrected chi connectivity index (χ3v) is 13.4. The molecule has 11 rings (SSSR count). The first kappa shape index (κ1) is 41.2. The first-order valence-corrected chi connectivity index (χ1v) is 23.2. The molecule has 0 amide bonds.